The maximum Gasteiger partial charge on any atom is 0.408 e. The predicted octanol–water partition coefficient (Wildman–Crippen LogP) is 16.7. The van der Waals surface area contributed by atoms with Gasteiger partial charge in [0.05, 0.1) is 32.6 Å². The highest BCUT2D eigenvalue weighted by Crippen LogP contribution is 2.44. The Kier molecular flexibility index (Phi) is 43.1. The lowest BCUT2D eigenvalue weighted by Gasteiger charge is -2.24. The second-order valence-electron chi connectivity index (χ2n) is 29.4. The van der Waals surface area contributed by atoms with Gasteiger partial charge in [0, 0.05) is 51.8 Å². The summed E-state index contributed by atoms with van der Waals surface area (Å²) in [5, 5.41) is 12.7. The molecule has 1 aliphatic carbocycles. The van der Waals surface area contributed by atoms with E-state index in [0.29, 0.717) is 48.8 Å². The van der Waals surface area contributed by atoms with Crippen LogP contribution in [-0.4, -0.2) is 140 Å². The number of nitrogens with zero attached hydrogens (tertiary/aromatic N) is 1. The van der Waals surface area contributed by atoms with Crippen molar-refractivity contribution in [3.05, 3.63) is 112 Å². The Hall–Kier alpha value is -6.88. The van der Waals surface area contributed by atoms with Crippen LogP contribution < -0.4 is 21.3 Å². The number of ether oxygens (including phenoxy) is 6. The molecule has 0 spiro atoms. The van der Waals surface area contributed by atoms with Gasteiger partial charge in [-0.1, -0.05) is 216 Å². The first-order chi connectivity index (χ1) is 49.3. The molecule has 0 fully saturated rings. The van der Waals surface area contributed by atoms with Crippen molar-refractivity contribution in [1.29, 1.82) is 0 Å². The van der Waals surface area contributed by atoms with Crippen molar-refractivity contribution in [3.63, 3.8) is 0 Å². The molecule has 0 unspecified atom stereocenters. The summed E-state index contributed by atoms with van der Waals surface area (Å²) in [5.41, 5.74) is 3.71. The first kappa shape index (κ1) is 91.3. The van der Waals surface area contributed by atoms with E-state index < -0.39 is 99.8 Å². The van der Waals surface area contributed by atoms with Crippen molar-refractivity contribution < 1.29 is 76.4 Å². The highest BCUT2D eigenvalue weighted by Gasteiger charge is 2.33. The fourth-order valence-electron chi connectivity index (χ4n) is 10.2. The van der Waals surface area contributed by atoms with Crippen molar-refractivity contribution in [2.24, 2.45) is 5.92 Å². The van der Waals surface area contributed by atoms with Crippen LogP contribution in [0, 0.1) is 5.92 Å². The number of carbonyl (C=O) groups is 10. The van der Waals surface area contributed by atoms with E-state index in [0.717, 1.165) is 90.6 Å². The van der Waals surface area contributed by atoms with Gasteiger partial charge in [-0.05, 0) is 112 Å². The fourth-order valence-corrected chi connectivity index (χ4v) is 13.9. The standard InChI is InChI=1S/C39H64N4O9S2Si.C39H55NO7SSi/c1-11-13-14-15-16-20-33(45)53-22-18-17-19-28(24-32(44)50-21-23-55(8,9)10)51-37(48)34(27(3)4)43-35(46)29(12-2)42-36(47)30-26-54-31(41-30)25-40-38(49)52-39(5,6)7;1-6-8-9-10-11-23-37(42)48-25-17-16-18-29(27-36(41)45-24-26-49(3,4)5)47-38(43)35(7-2)40-39(44)46-28-34-32-21-14-12-19-30(32)31-20-13-15-22-33(31)34/h12,17,19,26-28,34H,11,13-16,18,20-25H2,1-10H3,(H,40,49)(H,42,47)(H,43,46);12-16,18-22,29,34-35H,6-11,17,23-28H2,1-5H3,(H,40,44)/b19-17+,29-12-;18-16+/t28-,34+;29-,35+/m11/s1. The van der Waals surface area contributed by atoms with Crippen LogP contribution in [0.1, 0.15) is 204 Å². The van der Waals surface area contributed by atoms with Crippen molar-refractivity contribution in [3.8, 4) is 11.1 Å². The number of alkyl carbamates (subject to hydrolysis) is 2. The third kappa shape index (κ3) is 38.9. The van der Waals surface area contributed by atoms with Gasteiger partial charge in [-0.2, -0.15) is 0 Å². The van der Waals surface area contributed by atoms with Gasteiger partial charge in [0.2, 0.25) is 0 Å². The van der Waals surface area contributed by atoms with Crippen molar-refractivity contribution in [1.82, 2.24) is 26.3 Å². The highest BCUT2D eigenvalue weighted by molar-refractivity contribution is 8.13. The Bertz CT molecular complexity index is 3250. The number of thioether (sulfide) groups is 2. The molecule has 2 aromatic carbocycles. The number of unbranched alkanes of at least 4 members (excludes halogenated alkanes) is 8. The quantitative estimate of drug-likeness (QED) is 0.0102. The number of rotatable bonds is 45. The molecule has 0 saturated carbocycles. The van der Waals surface area contributed by atoms with E-state index in [9.17, 15) is 47.9 Å². The first-order valence-corrected chi connectivity index (χ1v) is 47.2. The summed E-state index contributed by atoms with van der Waals surface area (Å²) in [6, 6.07) is 15.7. The SMILES string of the molecule is C/C=C(\NC(=O)c1csc(CNC(=O)OC(C)(C)C)n1)C(=O)N[C@H](C(=O)O[C@H](/C=C/CCSC(=O)CCCCCCC)CC(=O)OCC[Si](C)(C)C)C(C)C.CCCCCCCC(=O)SCC/C=C/[C@H](CC(=O)OCC[Si](C)(C)C)OC(=O)[C@H](CC)NC(=O)OCC1c2ccccc2-c2ccccc21. The number of amides is 4. The van der Waals surface area contributed by atoms with E-state index in [2.05, 4.69) is 91.5 Å². The van der Waals surface area contributed by atoms with E-state index >= 15 is 0 Å². The van der Waals surface area contributed by atoms with Crippen LogP contribution in [-0.2, 0) is 68.5 Å². The molecule has 1 aliphatic rings. The Morgan fingerprint density at radius 1 is 0.635 bits per heavy atom. The highest BCUT2D eigenvalue weighted by atomic mass is 32.2. The lowest BCUT2D eigenvalue weighted by atomic mass is 9.98. The molecule has 0 aliphatic heterocycles. The zero-order chi connectivity index (χ0) is 77.3. The molecule has 4 rings (SSSR count). The summed E-state index contributed by atoms with van der Waals surface area (Å²) < 4.78 is 33.3. The van der Waals surface area contributed by atoms with Crippen LogP contribution >= 0.6 is 34.9 Å². The minimum absolute atomic E-state index is 0.0366. The maximum atomic E-state index is 13.5. The molecule has 1 heterocycles. The van der Waals surface area contributed by atoms with Gasteiger partial charge in [-0.15, -0.1) is 11.3 Å². The van der Waals surface area contributed by atoms with Gasteiger partial charge < -0.3 is 49.7 Å². The maximum absolute atomic E-state index is 13.5. The van der Waals surface area contributed by atoms with Gasteiger partial charge in [-0.25, -0.2) is 24.2 Å². The summed E-state index contributed by atoms with van der Waals surface area (Å²) in [5.74, 6) is -3.13. The lowest BCUT2D eigenvalue weighted by Crippen LogP contribution is -2.48. The third-order valence-electron chi connectivity index (χ3n) is 16.2. The van der Waals surface area contributed by atoms with E-state index in [-0.39, 0.29) is 66.6 Å². The number of aromatic nitrogens is 1. The second kappa shape index (κ2) is 49.1. The van der Waals surface area contributed by atoms with Gasteiger partial charge in [0.15, 0.2) is 10.2 Å². The first-order valence-electron chi connectivity index (χ1n) is 36.9. The van der Waals surface area contributed by atoms with E-state index in [4.69, 9.17) is 28.4 Å². The monoisotopic (exact) mass is 1530 g/mol. The number of esters is 4. The van der Waals surface area contributed by atoms with Crippen molar-refractivity contribution in [2.75, 3.05) is 31.3 Å². The Morgan fingerprint density at radius 3 is 1.59 bits per heavy atom. The van der Waals surface area contributed by atoms with Crippen molar-refractivity contribution in [2.45, 2.75) is 265 Å². The third-order valence-corrected chi connectivity index (χ3v) is 22.3. The van der Waals surface area contributed by atoms with Gasteiger partial charge in [0.25, 0.3) is 11.8 Å². The Labute approximate surface area is 633 Å². The number of hydrogen-bond donors (Lipinski definition) is 4. The van der Waals surface area contributed by atoms with E-state index in [1.807, 2.05) is 42.5 Å². The zero-order valence-corrected chi connectivity index (χ0v) is 68.9. The van der Waals surface area contributed by atoms with Gasteiger partial charge >= 0.3 is 36.1 Å². The van der Waals surface area contributed by atoms with Crippen LogP contribution in [0.2, 0.25) is 51.4 Å². The Morgan fingerprint density at radius 2 is 1.12 bits per heavy atom. The largest absolute Gasteiger partial charge is 0.466 e. The van der Waals surface area contributed by atoms with E-state index in [1.165, 1.54) is 54.2 Å². The summed E-state index contributed by atoms with van der Waals surface area (Å²) in [7, 11) is -2.83. The average Bonchev–Trinajstić information content (AvgIpc) is 1.62. The summed E-state index contributed by atoms with van der Waals surface area (Å²) in [4.78, 5) is 132. The normalized spacial score (nSPS) is 13.5. The van der Waals surface area contributed by atoms with Gasteiger partial charge in [-0.3, -0.25) is 28.8 Å². The number of hydrogen-bond acceptors (Lipinski definition) is 20. The lowest BCUT2D eigenvalue weighted by molar-refractivity contribution is -0.157. The molecule has 578 valence electrons. The molecule has 0 radical (unpaired) electrons. The molecule has 4 N–H and O–H groups in total. The fraction of sp³-hybridized carbons (Fsp3) is 0.603. The molecule has 104 heavy (non-hydrogen) atoms. The molecule has 0 saturated heterocycles. The molecular formula is C78H119N5O16S3Si2. The topological polar surface area (TPSA) is 287 Å². The average molecular weight is 1540 g/mol. The van der Waals surface area contributed by atoms with Crippen LogP contribution in [0.25, 0.3) is 11.1 Å². The predicted molar refractivity (Wildman–Crippen MR) is 422 cm³/mol. The molecule has 4 atom stereocenters. The number of carbonyl (C=O) groups excluding carboxylic acids is 10. The molecular weight excluding hydrogens is 1420 g/mol. The molecule has 4 amide bonds. The van der Waals surface area contributed by atoms with Crippen LogP contribution in [0.15, 0.2) is 90.0 Å². The number of benzene rings is 2. The summed E-state index contributed by atoms with van der Waals surface area (Å²) in [6.07, 6.45) is 18.2. The molecule has 1 aromatic heterocycles. The number of thiazole rings is 1. The molecule has 0 bridgehead atoms. The van der Waals surface area contributed by atoms with Crippen molar-refractivity contribution >= 4 is 109 Å². The molecule has 21 nitrogen and oxygen atoms in total. The Balaban J connectivity index is 0.000000543. The minimum atomic E-state index is -1.44. The zero-order valence-electron chi connectivity index (χ0n) is 64.4. The number of nitrogens with one attached hydrogen (secondary N) is 4. The second-order valence-corrected chi connectivity index (χ2v) is 43.9. The molecule has 26 heteroatoms. The smallest absolute Gasteiger partial charge is 0.408 e. The van der Waals surface area contributed by atoms with Gasteiger partial charge in [0.1, 0.15) is 52.9 Å². The van der Waals surface area contributed by atoms with Crippen LogP contribution in [0.3, 0.4) is 0 Å². The minimum Gasteiger partial charge on any atom is -0.466 e. The summed E-state index contributed by atoms with van der Waals surface area (Å²) in [6.45, 7) is 30.3. The number of fused-ring (bicyclic) bond motifs is 3. The van der Waals surface area contributed by atoms with Crippen LogP contribution in [0.4, 0.5) is 9.59 Å². The molecule has 3 aromatic rings. The van der Waals surface area contributed by atoms with E-state index in [1.54, 1.807) is 66.7 Å². The van der Waals surface area contributed by atoms with Crippen LogP contribution in [0.5, 0.6) is 0 Å². The number of allylic oxidation sites excluding steroid dienone is 3. The summed E-state index contributed by atoms with van der Waals surface area (Å²) >= 11 is 3.73.